The minimum absolute atomic E-state index is 0.0371. The fourth-order valence-electron chi connectivity index (χ4n) is 2.43. The summed E-state index contributed by atoms with van der Waals surface area (Å²) in [6, 6.07) is 7.52. The van der Waals surface area contributed by atoms with Crippen LogP contribution in [0.3, 0.4) is 0 Å². The Kier molecular flexibility index (Phi) is 6.03. The molecule has 1 N–H and O–H groups in total. The monoisotopic (exact) mass is 310 g/mol. The van der Waals surface area contributed by atoms with Crippen LogP contribution in [0.15, 0.2) is 24.3 Å². The fourth-order valence-corrected chi connectivity index (χ4v) is 2.64. The molecule has 0 saturated carbocycles. The van der Waals surface area contributed by atoms with Crippen molar-refractivity contribution in [3.05, 3.63) is 34.9 Å². The molecule has 0 radical (unpaired) electrons. The van der Waals surface area contributed by atoms with Crippen LogP contribution in [0.25, 0.3) is 0 Å². The van der Waals surface area contributed by atoms with E-state index in [4.69, 9.17) is 16.3 Å². The minimum Gasteiger partial charge on any atom is -0.376 e. The maximum atomic E-state index is 12.2. The third-order valence-corrected chi connectivity index (χ3v) is 4.12. The summed E-state index contributed by atoms with van der Waals surface area (Å²) in [7, 11) is 1.94. The van der Waals surface area contributed by atoms with Crippen molar-refractivity contribution >= 4 is 17.5 Å². The highest BCUT2D eigenvalue weighted by Crippen LogP contribution is 2.14. The number of amides is 1. The number of ether oxygens (including phenoxy) is 1. The Labute approximate surface area is 131 Å². The number of likely N-dealkylation sites (N-methyl/N-ethyl adjacent to an activating group) is 1. The van der Waals surface area contributed by atoms with Gasteiger partial charge in [-0.3, -0.25) is 9.69 Å². The van der Waals surface area contributed by atoms with E-state index in [-0.39, 0.29) is 18.1 Å². The Bertz CT molecular complexity index is 475. The number of hydrogen-bond acceptors (Lipinski definition) is 3. The Balaban J connectivity index is 1.80. The molecule has 0 aliphatic carbocycles. The molecule has 1 aliphatic rings. The van der Waals surface area contributed by atoms with Crippen LogP contribution < -0.4 is 5.32 Å². The highest BCUT2D eigenvalue weighted by molar-refractivity contribution is 6.30. The van der Waals surface area contributed by atoms with Crippen molar-refractivity contribution in [1.29, 1.82) is 0 Å². The van der Waals surface area contributed by atoms with Crippen molar-refractivity contribution in [3.8, 4) is 0 Å². The van der Waals surface area contributed by atoms with Crippen molar-refractivity contribution in [3.63, 3.8) is 0 Å². The summed E-state index contributed by atoms with van der Waals surface area (Å²) < 4.78 is 5.51. The van der Waals surface area contributed by atoms with Gasteiger partial charge in [-0.05, 0) is 44.5 Å². The second kappa shape index (κ2) is 7.78. The van der Waals surface area contributed by atoms with Crippen molar-refractivity contribution in [1.82, 2.24) is 10.2 Å². The molecule has 1 aromatic rings. The number of benzene rings is 1. The third kappa shape index (κ3) is 4.99. The highest BCUT2D eigenvalue weighted by atomic mass is 35.5. The molecule has 1 aromatic carbocycles. The molecule has 0 bridgehead atoms. The van der Waals surface area contributed by atoms with Gasteiger partial charge in [0.2, 0.25) is 5.91 Å². The second-order valence-electron chi connectivity index (χ2n) is 5.60. The summed E-state index contributed by atoms with van der Waals surface area (Å²) >= 11 is 5.98. The van der Waals surface area contributed by atoms with E-state index in [0.717, 1.165) is 30.0 Å². The Morgan fingerprint density at radius 2 is 2.38 bits per heavy atom. The quantitative estimate of drug-likeness (QED) is 0.877. The third-order valence-electron chi connectivity index (χ3n) is 3.89. The topological polar surface area (TPSA) is 41.6 Å². The maximum absolute atomic E-state index is 12.2. The summed E-state index contributed by atoms with van der Waals surface area (Å²) in [5.41, 5.74) is 1.10. The van der Waals surface area contributed by atoms with E-state index in [1.807, 2.05) is 43.1 Å². The Hall–Kier alpha value is -1.10. The van der Waals surface area contributed by atoms with Gasteiger partial charge in [0.25, 0.3) is 0 Å². The number of halogens is 1. The smallest absolute Gasteiger partial charge is 0.237 e. The zero-order chi connectivity index (χ0) is 15.2. The second-order valence-corrected chi connectivity index (χ2v) is 6.04. The predicted octanol–water partition coefficient (Wildman–Crippen LogP) is 2.46. The summed E-state index contributed by atoms with van der Waals surface area (Å²) in [6.45, 7) is 4.02. The highest BCUT2D eigenvalue weighted by Gasteiger charge is 2.21. The van der Waals surface area contributed by atoms with Crippen LogP contribution in [0.4, 0.5) is 0 Å². The molecule has 0 spiro atoms. The largest absolute Gasteiger partial charge is 0.376 e. The summed E-state index contributed by atoms with van der Waals surface area (Å²) in [5, 5.41) is 3.69. The first-order valence-corrected chi connectivity index (χ1v) is 7.78. The lowest BCUT2D eigenvalue weighted by Gasteiger charge is -2.24. The molecular formula is C16H23ClN2O2. The molecule has 1 amide bonds. The number of hydrogen-bond donors (Lipinski definition) is 1. The zero-order valence-electron chi connectivity index (χ0n) is 12.6. The van der Waals surface area contributed by atoms with E-state index in [9.17, 15) is 4.79 Å². The first-order valence-electron chi connectivity index (χ1n) is 7.40. The van der Waals surface area contributed by atoms with Gasteiger partial charge >= 0.3 is 0 Å². The van der Waals surface area contributed by atoms with Crippen LogP contribution in [-0.2, 0) is 16.1 Å². The van der Waals surface area contributed by atoms with Crippen LogP contribution in [0.2, 0.25) is 5.02 Å². The van der Waals surface area contributed by atoms with E-state index in [1.54, 1.807) is 0 Å². The van der Waals surface area contributed by atoms with E-state index in [2.05, 4.69) is 5.32 Å². The first kappa shape index (κ1) is 16.3. The molecule has 5 heteroatoms. The van der Waals surface area contributed by atoms with Crippen molar-refractivity contribution in [2.24, 2.45) is 0 Å². The lowest BCUT2D eigenvalue weighted by Crippen LogP contribution is -2.45. The average Bonchev–Trinajstić information content (AvgIpc) is 2.97. The van der Waals surface area contributed by atoms with Gasteiger partial charge in [0.05, 0.1) is 12.1 Å². The molecule has 1 saturated heterocycles. The van der Waals surface area contributed by atoms with Gasteiger partial charge in [0.1, 0.15) is 0 Å². The molecular weight excluding hydrogens is 288 g/mol. The van der Waals surface area contributed by atoms with E-state index in [0.29, 0.717) is 13.1 Å². The van der Waals surface area contributed by atoms with Crippen LogP contribution in [-0.4, -0.2) is 43.2 Å². The molecule has 1 fully saturated rings. The number of nitrogens with zero attached hydrogens (tertiary/aromatic N) is 1. The van der Waals surface area contributed by atoms with Crippen molar-refractivity contribution < 1.29 is 9.53 Å². The molecule has 0 aromatic heterocycles. The molecule has 1 aliphatic heterocycles. The molecule has 1 heterocycles. The van der Waals surface area contributed by atoms with Gasteiger partial charge in [0, 0.05) is 24.7 Å². The van der Waals surface area contributed by atoms with Gasteiger partial charge in [0.15, 0.2) is 0 Å². The summed E-state index contributed by atoms with van der Waals surface area (Å²) in [6.07, 6.45) is 2.30. The Morgan fingerprint density at radius 3 is 3.05 bits per heavy atom. The first-order chi connectivity index (χ1) is 10.1. The zero-order valence-corrected chi connectivity index (χ0v) is 13.4. The average molecular weight is 311 g/mol. The number of rotatable bonds is 6. The Morgan fingerprint density at radius 1 is 1.57 bits per heavy atom. The molecule has 2 unspecified atom stereocenters. The fraction of sp³-hybridized carbons (Fsp3) is 0.562. The van der Waals surface area contributed by atoms with Crippen LogP contribution >= 0.6 is 11.6 Å². The van der Waals surface area contributed by atoms with E-state index < -0.39 is 0 Å². The van der Waals surface area contributed by atoms with Crippen molar-refractivity contribution in [2.75, 3.05) is 20.2 Å². The van der Waals surface area contributed by atoms with Gasteiger partial charge in [-0.15, -0.1) is 0 Å². The van der Waals surface area contributed by atoms with Crippen LogP contribution in [0.1, 0.15) is 25.3 Å². The lowest BCUT2D eigenvalue weighted by atomic mass is 10.2. The minimum atomic E-state index is -0.189. The summed E-state index contributed by atoms with van der Waals surface area (Å²) in [4.78, 5) is 14.2. The van der Waals surface area contributed by atoms with Gasteiger partial charge in [-0.1, -0.05) is 23.7 Å². The van der Waals surface area contributed by atoms with E-state index >= 15 is 0 Å². The maximum Gasteiger partial charge on any atom is 0.237 e. The number of carbonyl (C=O) groups excluding carboxylic acids is 1. The lowest BCUT2D eigenvalue weighted by molar-refractivity contribution is -0.126. The predicted molar refractivity (Wildman–Crippen MR) is 84.4 cm³/mol. The van der Waals surface area contributed by atoms with Crippen LogP contribution in [0.5, 0.6) is 0 Å². The molecule has 2 rings (SSSR count). The van der Waals surface area contributed by atoms with Gasteiger partial charge < -0.3 is 10.1 Å². The number of carbonyl (C=O) groups is 1. The molecule has 21 heavy (non-hydrogen) atoms. The summed E-state index contributed by atoms with van der Waals surface area (Å²) in [5.74, 6) is 0.0371. The normalized spacial score (nSPS) is 19.7. The van der Waals surface area contributed by atoms with Crippen LogP contribution in [0, 0.1) is 0 Å². The SMILES string of the molecule is CC(C(=O)NCC1CCCO1)N(C)Cc1cccc(Cl)c1. The molecule has 4 nitrogen and oxygen atoms in total. The van der Waals surface area contributed by atoms with Gasteiger partial charge in [-0.2, -0.15) is 0 Å². The van der Waals surface area contributed by atoms with Crippen molar-refractivity contribution in [2.45, 2.75) is 38.5 Å². The molecule has 116 valence electrons. The van der Waals surface area contributed by atoms with Gasteiger partial charge in [-0.25, -0.2) is 0 Å². The number of nitrogens with one attached hydrogen (secondary N) is 1. The molecule has 2 atom stereocenters. The van der Waals surface area contributed by atoms with E-state index in [1.165, 1.54) is 0 Å². The standard InChI is InChI=1S/C16H23ClN2O2/c1-12(16(20)18-10-15-7-4-8-21-15)19(2)11-13-5-3-6-14(17)9-13/h3,5-6,9,12,15H,4,7-8,10-11H2,1-2H3,(H,18,20).